The lowest BCUT2D eigenvalue weighted by Gasteiger charge is -2.33. The van der Waals surface area contributed by atoms with Gasteiger partial charge < -0.3 is 16.6 Å². The summed E-state index contributed by atoms with van der Waals surface area (Å²) in [5.41, 5.74) is 9.39. The van der Waals surface area contributed by atoms with Crippen molar-refractivity contribution in [2.75, 3.05) is 7.05 Å². The minimum absolute atomic E-state index is 0. The Balaban J connectivity index is 0.00000300. The summed E-state index contributed by atoms with van der Waals surface area (Å²) in [7, 11) is -2.81. The van der Waals surface area contributed by atoms with Gasteiger partial charge in [0, 0.05) is 24.0 Å². The van der Waals surface area contributed by atoms with Gasteiger partial charge in [-0.1, -0.05) is 30.5 Å². The van der Waals surface area contributed by atoms with Crippen LogP contribution >= 0.6 is 24.0 Å². The second-order valence-electron chi connectivity index (χ2n) is 6.69. The molecule has 29 heavy (non-hydrogen) atoms. The summed E-state index contributed by atoms with van der Waals surface area (Å²) in [4.78, 5) is 19.8. The molecule has 5 N–H and O–H groups in total. The van der Waals surface area contributed by atoms with E-state index in [4.69, 9.17) is 23.1 Å². The van der Waals surface area contributed by atoms with Crippen molar-refractivity contribution in [3.05, 3.63) is 29.4 Å². The van der Waals surface area contributed by atoms with E-state index in [1.807, 2.05) is 0 Å². The van der Waals surface area contributed by atoms with E-state index in [0.29, 0.717) is 28.6 Å². The Morgan fingerprint density at radius 1 is 1.28 bits per heavy atom. The van der Waals surface area contributed by atoms with E-state index < -0.39 is 21.5 Å². The molecule has 0 amide bonds. The standard InChI is InChI=1S/C17H20ClN5O4S.ClH/c1-23(17(15(24)25)6-2-3-7-17)28(26,27)10-4-5-11-12(8-10)14(22-16(19)20)21-9-13(11)18;/h4-5,8-9H,2-3,6-7H2,1H3,(H,24,25)(H4,19,20,21,22);1H. The number of rotatable bonds is 5. The van der Waals surface area contributed by atoms with E-state index in [9.17, 15) is 18.3 Å². The van der Waals surface area contributed by atoms with Gasteiger partial charge in [-0.25, -0.2) is 13.4 Å². The largest absolute Gasteiger partial charge is 0.480 e. The smallest absolute Gasteiger partial charge is 0.325 e. The second kappa shape index (κ2) is 8.31. The summed E-state index contributed by atoms with van der Waals surface area (Å²) in [6.07, 6.45) is 3.19. The number of nitrogens with zero attached hydrogens (tertiary/aromatic N) is 3. The number of nitrogens with two attached hydrogens (primary N) is 2. The predicted molar refractivity (Wildman–Crippen MR) is 113 cm³/mol. The van der Waals surface area contributed by atoms with E-state index in [-0.39, 0.29) is 41.9 Å². The fourth-order valence-electron chi connectivity index (χ4n) is 3.56. The number of carboxylic acids is 1. The summed E-state index contributed by atoms with van der Waals surface area (Å²) in [5, 5.41) is 10.9. The normalized spacial score (nSPS) is 15.8. The quantitative estimate of drug-likeness (QED) is 0.455. The molecule has 12 heteroatoms. The first-order chi connectivity index (χ1) is 13.1. The van der Waals surface area contributed by atoms with Gasteiger partial charge in [0.05, 0.1) is 9.92 Å². The maximum atomic E-state index is 13.2. The average Bonchev–Trinajstić information content (AvgIpc) is 3.14. The molecule has 158 valence electrons. The maximum Gasteiger partial charge on any atom is 0.325 e. The minimum Gasteiger partial charge on any atom is -0.480 e. The molecule has 1 aromatic heterocycles. The number of aliphatic carboxylic acids is 1. The molecule has 1 fully saturated rings. The van der Waals surface area contributed by atoms with Gasteiger partial charge in [0.15, 0.2) is 11.8 Å². The molecule has 2 aromatic rings. The Bertz CT molecular complexity index is 1080. The Hall–Kier alpha value is -2.14. The highest BCUT2D eigenvalue weighted by Crippen LogP contribution is 2.39. The molecule has 1 saturated carbocycles. The number of hydrogen-bond acceptors (Lipinski definition) is 5. The van der Waals surface area contributed by atoms with Crippen LogP contribution in [0.3, 0.4) is 0 Å². The van der Waals surface area contributed by atoms with Crippen LogP contribution in [-0.2, 0) is 14.8 Å². The molecule has 1 aliphatic carbocycles. The zero-order valence-corrected chi connectivity index (χ0v) is 17.9. The van der Waals surface area contributed by atoms with Gasteiger partial charge in [0.1, 0.15) is 5.54 Å². The van der Waals surface area contributed by atoms with Crippen LogP contribution in [0.25, 0.3) is 10.8 Å². The van der Waals surface area contributed by atoms with Gasteiger partial charge in [-0.05, 0) is 25.0 Å². The predicted octanol–water partition coefficient (Wildman–Crippen LogP) is 2.23. The van der Waals surface area contributed by atoms with Crippen LogP contribution in [0.15, 0.2) is 34.3 Å². The second-order valence-corrected chi connectivity index (χ2v) is 9.07. The van der Waals surface area contributed by atoms with Crippen LogP contribution in [0.5, 0.6) is 0 Å². The van der Waals surface area contributed by atoms with Crippen LogP contribution in [-0.4, -0.2) is 47.3 Å². The lowest BCUT2D eigenvalue weighted by molar-refractivity contribution is -0.147. The van der Waals surface area contributed by atoms with Gasteiger partial charge in [-0.2, -0.15) is 9.30 Å². The van der Waals surface area contributed by atoms with Crippen LogP contribution in [0, 0.1) is 0 Å². The number of carbonyl (C=O) groups is 1. The summed E-state index contributed by atoms with van der Waals surface area (Å²) < 4.78 is 27.4. The van der Waals surface area contributed by atoms with E-state index in [1.54, 1.807) is 0 Å². The number of aliphatic imine (C=N–C) groups is 1. The van der Waals surface area contributed by atoms with E-state index >= 15 is 0 Å². The molecule has 1 aliphatic rings. The third-order valence-corrected chi connectivity index (χ3v) is 7.34. The Morgan fingerprint density at radius 3 is 2.45 bits per heavy atom. The van der Waals surface area contributed by atoms with Crippen LogP contribution in [0.2, 0.25) is 5.02 Å². The van der Waals surface area contributed by atoms with E-state index in [2.05, 4.69) is 9.98 Å². The maximum absolute atomic E-state index is 13.2. The molecular weight excluding hydrogens is 441 g/mol. The molecule has 0 radical (unpaired) electrons. The molecule has 1 aromatic carbocycles. The summed E-state index contributed by atoms with van der Waals surface area (Å²) in [6.45, 7) is 0. The number of halogens is 2. The Kier molecular flexibility index (Phi) is 6.63. The molecular formula is C17H21Cl2N5O4S. The number of pyridine rings is 1. The monoisotopic (exact) mass is 461 g/mol. The molecule has 0 atom stereocenters. The van der Waals surface area contributed by atoms with E-state index in [0.717, 1.165) is 4.31 Å². The van der Waals surface area contributed by atoms with Crippen molar-refractivity contribution >= 4 is 62.6 Å². The van der Waals surface area contributed by atoms with Crippen molar-refractivity contribution in [1.82, 2.24) is 9.29 Å². The highest BCUT2D eigenvalue weighted by Gasteiger charge is 2.49. The molecule has 0 unspecified atom stereocenters. The van der Waals surface area contributed by atoms with Crippen LogP contribution < -0.4 is 11.5 Å². The van der Waals surface area contributed by atoms with Crippen molar-refractivity contribution in [1.29, 1.82) is 0 Å². The highest BCUT2D eigenvalue weighted by atomic mass is 35.5. The van der Waals surface area contributed by atoms with Gasteiger partial charge in [0.25, 0.3) is 0 Å². The van der Waals surface area contributed by atoms with Crippen molar-refractivity contribution in [3.8, 4) is 0 Å². The number of aromatic nitrogens is 1. The van der Waals surface area contributed by atoms with Crippen molar-refractivity contribution in [3.63, 3.8) is 0 Å². The van der Waals surface area contributed by atoms with Gasteiger partial charge in [-0.3, -0.25) is 4.79 Å². The summed E-state index contributed by atoms with van der Waals surface area (Å²) >= 11 is 6.15. The summed E-state index contributed by atoms with van der Waals surface area (Å²) in [5.74, 6) is -1.27. The molecule has 0 bridgehead atoms. The van der Waals surface area contributed by atoms with Gasteiger partial charge in [-0.15, -0.1) is 12.4 Å². The lowest BCUT2D eigenvalue weighted by Crippen LogP contribution is -2.53. The molecule has 3 rings (SSSR count). The number of carboxylic acid groups (broad SMARTS) is 1. The fraction of sp³-hybridized carbons (Fsp3) is 0.353. The lowest BCUT2D eigenvalue weighted by atomic mass is 9.98. The fourth-order valence-corrected chi connectivity index (χ4v) is 5.31. The number of fused-ring (bicyclic) bond motifs is 1. The van der Waals surface area contributed by atoms with Crippen LogP contribution in [0.4, 0.5) is 5.82 Å². The summed E-state index contributed by atoms with van der Waals surface area (Å²) in [6, 6.07) is 4.25. The average molecular weight is 462 g/mol. The zero-order valence-electron chi connectivity index (χ0n) is 15.5. The molecule has 0 aliphatic heterocycles. The minimum atomic E-state index is -4.10. The number of likely N-dealkylation sites (N-methyl/N-ethyl adjacent to an activating group) is 1. The van der Waals surface area contributed by atoms with E-state index in [1.165, 1.54) is 31.4 Å². The molecule has 0 saturated heterocycles. The number of sulfonamides is 1. The van der Waals surface area contributed by atoms with Crippen molar-refractivity contribution < 1.29 is 18.3 Å². The Labute approximate surface area is 179 Å². The first-order valence-corrected chi connectivity index (χ1v) is 10.3. The van der Waals surface area contributed by atoms with Crippen molar-refractivity contribution in [2.24, 2.45) is 16.5 Å². The van der Waals surface area contributed by atoms with Crippen LogP contribution in [0.1, 0.15) is 25.7 Å². The first-order valence-electron chi connectivity index (χ1n) is 8.50. The number of guanidine groups is 1. The molecule has 9 nitrogen and oxygen atoms in total. The Morgan fingerprint density at radius 2 is 1.90 bits per heavy atom. The van der Waals surface area contributed by atoms with Gasteiger partial charge >= 0.3 is 5.97 Å². The molecule has 0 spiro atoms. The van der Waals surface area contributed by atoms with Crippen molar-refractivity contribution in [2.45, 2.75) is 36.1 Å². The SMILES string of the molecule is CN(C1(C(=O)O)CCCC1)S(=O)(=O)c1ccc2c(Cl)cnc(N=C(N)N)c2c1.Cl. The van der Waals surface area contributed by atoms with Gasteiger partial charge in [0.2, 0.25) is 10.0 Å². The molecule has 1 heterocycles. The number of hydrogen-bond donors (Lipinski definition) is 3. The number of benzene rings is 1. The third kappa shape index (κ3) is 3.97. The highest BCUT2D eigenvalue weighted by molar-refractivity contribution is 7.89. The topological polar surface area (TPSA) is 152 Å². The first kappa shape index (κ1) is 23.1. The third-order valence-electron chi connectivity index (χ3n) is 5.11. The zero-order chi connectivity index (χ0) is 20.7.